The molecule has 0 spiro atoms. The van der Waals surface area contributed by atoms with E-state index in [0.717, 1.165) is 19.1 Å². The fourth-order valence-electron chi connectivity index (χ4n) is 3.63. The Bertz CT molecular complexity index is 1150. The molecular formula is C23H31ClN7O4P. The molecule has 1 saturated carbocycles. The van der Waals surface area contributed by atoms with E-state index < -0.39 is 14.6 Å². The number of hydrazine groups is 1. The number of rotatable bonds is 14. The van der Waals surface area contributed by atoms with Gasteiger partial charge < -0.3 is 23.1 Å². The molecule has 13 heteroatoms. The molecule has 0 radical (unpaired) electrons. The highest BCUT2D eigenvalue weighted by atomic mass is 35.5. The van der Waals surface area contributed by atoms with Crippen LogP contribution in [0.5, 0.6) is 5.75 Å². The molecule has 0 bridgehead atoms. The monoisotopic (exact) mass is 535 g/mol. The molecule has 4 unspecified atom stereocenters. The van der Waals surface area contributed by atoms with E-state index in [1.54, 1.807) is 49.6 Å². The van der Waals surface area contributed by atoms with Crippen LogP contribution in [0.2, 0.25) is 5.02 Å². The normalized spacial score (nSPS) is 16.9. The van der Waals surface area contributed by atoms with E-state index in [-0.39, 0.29) is 18.8 Å². The number of carbonyl (C=O) groups is 1. The van der Waals surface area contributed by atoms with Crippen LogP contribution in [0.1, 0.15) is 39.2 Å². The largest absolute Gasteiger partial charge is 0.436 e. The Hall–Kier alpha value is -2.40. The lowest BCUT2D eigenvalue weighted by Crippen LogP contribution is -2.34. The fourth-order valence-corrected chi connectivity index (χ4v) is 4.95. The van der Waals surface area contributed by atoms with Gasteiger partial charge >= 0.3 is 8.53 Å². The highest BCUT2D eigenvalue weighted by molar-refractivity contribution is 7.45. The maximum atomic E-state index is 11.2. The Morgan fingerprint density at radius 2 is 2.03 bits per heavy atom. The van der Waals surface area contributed by atoms with Crippen molar-refractivity contribution in [3.63, 3.8) is 0 Å². The molecule has 2 heterocycles. The lowest BCUT2D eigenvalue weighted by atomic mass is 10.1. The van der Waals surface area contributed by atoms with Gasteiger partial charge in [-0.2, -0.15) is 0 Å². The quantitative estimate of drug-likeness (QED) is 0.136. The van der Waals surface area contributed by atoms with Crippen molar-refractivity contribution >= 4 is 43.4 Å². The number of ether oxygens (including phenoxy) is 1. The highest BCUT2D eigenvalue weighted by Crippen LogP contribution is 2.37. The molecule has 36 heavy (non-hydrogen) atoms. The number of benzene rings is 1. The van der Waals surface area contributed by atoms with Crippen LogP contribution in [0, 0.1) is 0 Å². The number of methoxy groups -OCH3 is 1. The lowest BCUT2D eigenvalue weighted by Gasteiger charge is -2.25. The van der Waals surface area contributed by atoms with Crippen LogP contribution in [-0.2, 0) is 14.1 Å². The maximum absolute atomic E-state index is 11.2. The average Bonchev–Trinajstić information content (AvgIpc) is 3.65. The van der Waals surface area contributed by atoms with Gasteiger partial charge in [-0.05, 0) is 57.4 Å². The number of nitrogens with zero attached hydrogens (tertiary/aromatic N) is 5. The van der Waals surface area contributed by atoms with Gasteiger partial charge in [-0.1, -0.05) is 11.6 Å². The van der Waals surface area contributed by atoms with E-state index in [0.29, 0.717) is 40.2 Å². The van der Waals surface area contributed by atoms with Crippen molar-refractivity contribution in [3.05, 3.63) is 41.9 Å². The molecule has 0 amide bonds. The molecule has 3 N–H and O–H groups in total. The Kier molecular flexibility index (Phi) is 9.05. The Morgan fingerprint density at radius 1 is 1.28 bits per heavy atom. The molecule has 4 rings (SSSR count). The van der Waals surface area contributed by atoms with Crippen LogP contribution in [0.4, 0.5) is 5.82 Å². The Balaban J connectivity index is 1.41. The number of halogens is 1. The SMILES string of the molecule is COC(COP(NC(C)C=O)Oc1ccc(Cl)cc1)CC(C)n1cnc2c(N(N)C3CC3)ncnc21. The van der Waals surface area contributed by atoms with Gasteiger partial charge in [0.25, 0.3) is 0 Å². The van der Waals surface area contributed by atoms with Crippen LogP contribution in [0.3, 0.4) is 0 Å². The van der Waals surface area contributed by atoms with Crippen molar-refractivity contribution in [1.29, 1.82) is 0 Å². The van der Waals surface area contributed by atoms with Crippen molar-refractivity contribution in [3.8, 4) is 5.75 Å². The van der Waals surface area contributed by atoms with Crippen molar-refractivity contribution in [2.75, 3.05) is 18.7 Å². The van der Waals surface area contributed by atoms with Crippen molar-refractivity contribution in [1.82, 2.24) is 24.6 Å². The third-order valence-corrected chi connectivity index (χ3v) is 7.46. The predicted molar refractivity (Wildman–Crippen MR) is 139 cm³/mol. The Morgan fingerprint density at radius 3 is 2.69 bits per heavy atom. The molecular weight excluding hydrogens is 505 g/mol. The topological polar surface area (TPSA) is 130 Å². The molecule has 0 saturated heterocycles. The zero-order valence-corrected chi connectivity index (χ0v) is 22.1. The van der Waals surface area contributed by atoms with E-state index in [9.17, 15) is 4.79 Å². The second-order valence-electron chi connectivity index (χ2n) is 8.75. The van der Waals surface area contributed by atoms with Gasteiger partial charge in [0.2, 0.25) is 0 Å². The summed E-state index contributed by atoms with van der Waals surface area (Å²) in [5.74, 6) is 7.46. The van der Waals surface area contributed by atoms with Crippen LogP contribution in [0.25, 0.3) is 11.2 Å². The molecule has 1 aliphatic rings. The predicted octanol–water partition coefficient (Wildman–Crippen LogP) is 3.79. The van der Waals surface area contributed by atoms with Crippen LogP contribution >= 0.6 is 20.1 Å². The maximum Gasteiger partial charge on any atom is 0.318 e. The van der Waals surface area contributed by atoms with Gasteiger partial charge in [-0.15, -0.1) is 0 Å². The molecule has 2 aromatic heterocycles. The average molecular weight is 536 g/mol. The summed E-state index contributed by atoms with van der Waals surface area (Å²) in [6, 6.07) is 6.82. The number of aldehydes is 1. The number of carbonyl (C=O) groups excluding carboxylic acids is 1. The van der Waals surface area contributed by atoms with Gasteiger partial charge in [0, 0.05) is 24.2 Å². The second-order valence-corrected chi connectivity index (χ2v) is 10.4. The summed E-state index contributed by atoms with van der Waals surface area (Å²) in [5, 5.41) is 5.35. The Labute approximate surface area is 216 Å². The molecule has 1 aliphatic carbocycles. The van der Waals surface area contributed by atoms with E-state index in [4.69, 9.17) is 31.2 Å². The van der Waals surface area contributed by atoms with Crippen LogP contribution < -0.4 is 20.5 Å². The molecule has 3 aromatic rings. The van der Waals surface area contributed by atoms with Crippen LogP contribution in [-0.4, -0.2) is 57.7 Å². The summed E-state index contributed by atoms with van der Waals surface area (Å²) in [5.41, 5.74) is 1.39. The number of aromatic nitrogens is 4. The van der Waals surface area contributed by atoms with Crippen molar-refractivity contribution < 1.29 is 18.6 Å². The first kappa shape index (κ1) is 26.7. The summed E-state index contributed by atoms with van der Waals surface area (Å²) in [4.78, 5) is 24.5. The number of anilines is 1. The van der Waals surface area contributed by atoms with E-state index in [2.05, 4.69) is 27.0 Å². The van der Waals surface area contributed by atoms with E-state index in [1.165, 1.54) is 6.33 Å². The molecule has 4 atom stereocenters. The smallest absolute Gasteiger partial charge is 0.318 e. The second kappa shape index (κ2) is 12.2. The highest BCUT2D eigenvalue weighted by Gasteiger charge is 2.30. The van der Waals surface area contributed by atoms with Gasteiger partial charge in [0.15, 0.2) is 17.0 Å². The molecule has 1 fully saturated rings. The third kappa shape index (κ3) is 6.67. The number of nitrogens with one attached hydrogen (secondary N) is 1. The first-order valence-corrected chi connectivity index (χ1v) is 13.3. The molecule has 1 aromatic carbocycles. The number of fused-ring (bicyclic) bond motifs is 1. The van der Waals surface area contributed by atoms with Crippen molar-refractivity contribution in [2.24, 2.45) is 5.84 Å². The summed E-state index contributed by atoms with van der Waals surface area (Å²) in [6.07, 6.45) is 6.56. The third-order valence-electron chi connectivity index (χ3n) is 5.83. The summed E-state index contributed by atoms with van der Waals surface area (Å²) >= 11 is 5.96. The van der Waals surface area contributed by atoms with Gasteiger partial charge in [-0.3, -0.25) is 5.01 Å². The minimum atomic E-state index is -1.60. The number of nitrogens with two attached hydrogens (primary N) is 1. The number of hydrogen-bond donors (Lipinski definition) is 2. The van der Waals surface area contributed by atoms with Gasteiger partial charge in [0.1, 0.15) is 18.4 Å². The number of imidazole rings is 1. The van der Waals surface area contributed by atoms with E-state index in [1.807, 2.05) is 4.57 Å². The zero-order chi connectivity index (χ0) is 25.7. The van der Waals surface area contributed by atoms with E-state index >= 15 is 0 Å². The van der Waals surface area contributed by atoms with Gasteiger partial charge in [0.05, 0.1) is 25.1 Å². The minimum Gasteiger partial charge on any atom is -0.436 e. The minimum absolute atomic E-state index is 0.00344. The fraction of sp³-hybridized carbons (Fsp3) is 0.478. The van der Waals surface area contributed by atoms with Gasteiger partial charge in [-0.25, -0.2) is 25.9 Å². The zero-order valence-electron chi connectivity index (χ0n) is 20.5. The summed E-state index contributed by atoms with van der Waals surface area (Å²) < 4.78 is 19.7. The standard InChI is InChI=1S/C23H31ClN7O4P/c1-15(11-32)29-36(35-19-8-4-17(24)5-9-19)34-12-20(33-3)10-16(2)30-14-28-21-22(30)26-13-27-23(21)31(25)18-6-7-18/h4-5,8-9,11,13-16,18,20,29H,6-7,10,12,25H2,1-3H3. The molecule has 194 valence electrons. The molecule has 11 nitrogen and oxygen atoms in total. The molecule has 0 aliphatic heterocycles. The lowest BCUT2D eigenvalue weighted by molar-refractivity contribution is -0.108. The first-order valence-electron chi connectivity index (χ1n) is 11.7. The summed E-state index contributed by atoms with van der Waals surface area (Å²) in [6.45, 7) is 4.05. The summed E-state index contributed by atoms with van der Waals surface area (Å²) in [7, 11) is 0.0338. The number of hydrogen-bond acceptors (Lipinski definition) is 10. The van der Waals surface area contributed by atoms with Crippen molar-refractivity contribution in [2.45, 2.75) is 57.3 Å². The first-order chi connectivity index (χ1) is 17.4. The van der Waals surface area contributed by atoms with Crippen LogP contribution in [0.15, 0.2) is 36.9 Å².